The van der Waals surface area contributed by atoms with E-state index in [1.807, 2.05) is 18.2 Å². The third kappa shape index (κ3) is 5.79. The second kappa shape index (κ2) is 15.9. The van der Waals surface area contributed by atoms with Crippen LogP contribution in [0.3, 0.4) is 0 Å². The molecule has 0 N–H and O–H groups in total. The lowest BCUT2D eigenvalue weighted by atomic mass is 9.51. The maximum atomic E-state index is 6.97. The van der Waals surface area contributed by atoms with E-state index < -0.39 is 10.8 Å². The first kappa shape index (κ1) is 41.8. The summed E-state index contributed by atoms with van der Waals surface area (Å²) < 4.78 is 6.97. The largest absolute Gasteiger partial charge is 0.457 e. The quantitative estimate of drug-likeness (QED) is 0.165. The predicted octanol–water partition coefficient (Wildman–Crippen LogP) is 17.2. The van der Waals surface area contributed by atoms with Crippen molar-refractivity contribution >= 4 is 32.3 Å². The van der Waals surface area contributed by atoms with Gasteiger partial charge < -0.3 is 4.74 Å². The van der Waals surface area contributed by atoms with Crippen LogP contribution in [0.1, 0.15) is 44.5 Å². The van der Waals surface area contributed by atoms with E-state index in [0.717, 1.165) is 50.4 Å². The highest BCUT2D eigenvalue weighted by Crippen LogP contribution is 2.67. The van der Waals surface area contributed by atoms with Gasteiger partial charge in [-0.2, -0.15) is 0 Å². The van der Waals surface area contributed by atoms with Gasteiger partial charge in [-0.25, -0.2) is 15.0 Å². The van der Waals surface area contributed by atoms with E-state index in [4.69, 9.17) is 19.7 Å². The standard InChI is InChI=1S/C71H43N3O/c1-2-18-45(19-3-1)67-72-68(74-69(73-67)48-38-40-53-51-22-5-4-20-49(51)50-21-6-7-23-52(50)56(53)42-48)46-36-34-44(35-37-46)47-39-41-66-64(43-47)71(63-32-16-17-33-65(63)75-66)61-30-14-12-28-59(61)70(60-29-13-15-31-62(60)71)57-26-10-8-24-54(57)55-25-9-11-27-58(55)70/h1-43H. The summed E-state index contributed by atoms with van der Waals surface area (Å²) in [6.07, 6.45) is 0. The molecule has 12 aromatic carbocycles. The molecule has 0 fully saturated rings. The summed E-state index contributed by atoms with van der Waals surface area (Å²) in [5.41, 5.74) is 16.2. The van der Waals surface area contributed by atoms with Crippen LogP contribution in [0.15, 0.2) is 261 Å². The first-order valence-corrected chi connectivity index (χ1v) is 25.7. The number of aromatic nitrogens is 3. The molecule has 75 heavy (non-hydrogen) atoms. The molecule has 2 spiro atoms. The topological polar surface area (TPSA) is 47.9 Å². The summed E-state index contributed by atoms with van der Waals surface area (Å²) in [6.45, 7) is 0. The van der Waals surface area contributed by atoms with Crippen LogP contribution in [0.25, 0.3) is 88.7 Å². The Hall–Kier alpha value is -9.77. The maximum absolute atomic E-state index is 6.97. The van der Waals surface area contributed by atoms with Gasteiger partial charge in [-0.3, -0.25) is 0 Å². The molecule has 2 aliphatic carbocycles. The van der Waals surface area contributed by atoms with Crippen molar-refractivity contribution in [2.75, 3.05) is 0 Å². The molecular weight excluding hydrogens is 911 g/mol. The van der Waals surface area contributed by atoms with Gasteiger partial charge in [-0.1, -0.05) is 237 Å². The minimum Gasteiger partial charge on any atom is -0.457 e. The van der Waals surface area contributed by atoms with Gasteiger partial charge >= 0.3 is 0 Å². The number of ether oxygens (including phenoxy) is 1. The lowest BCUT2D eigenvalue weighted by molar-refractivity contribution is 0.429. The molecule has 4 nitrogen and oxygen atoms in total. The number of rotatable bonds is 4. The van der Waals surface area contributed by atoms with Crippen molar-refractivity contribution < 1.29 is 4.74 Å². The summed E-state index contributed by atoms with van der Waals surface area (Å²) in [5, 5.41) is 7.29. The SMILES string of the molecule is c1ccc(-c2nc(-c3ccc(-c4ccc5c(c4)C4(c6ccccc6O5)c5ccccc5C5(c6ccccc6-c6ccccc65)c5ccccc54)cc3)nc(-c3ccc4c5ccccc5c5ccccc5c4c3)n2)cc1. The molecule has 0 radical (unpaired) electrons. The van der Waals surface area contributed by atoms with E-state index in [1.54, 1.807) is 0 Å². The normalized spacial score (nSPS) is 13.9. The molecule has 0 saturated heterocycles. The van der Waals surface area contributed by atoms with Crippen molar-refractivity contribution in [1.29, 1.82) is 0 Å². The van der Waals surface area contributed by atoms with Crippen molar-refractivity contribution in [3.8, 4) is 67.9 Å². The first-order valence-electron chi connectivity index (χ1n) is 25.7. The molecule has 16 rings (SSSR count). The van der Waals surface area contributed by atoms with Gasteiger partial charge in [0.25, 0.3) is 0 Å². The zero-order valence-electron chi connectivity index (χ0n) is 40.6. The van der Waals surface area contributed by atoms with E-state index >= 15 is 0 Å². The van der Waals surface area contributed by atoms with Crippen molar-refractivity contribution in [3.63, 3.8) is 0 Å². The minimum absolute atomic E-state index is 0.528. The van der Waals surface area contributed by atoms with Crippen molar-refractivity contribution in [2.24, 2.45) is 0 Å². The Morgan fingerprint density at radius 1 is 0.227 bits per heavy atom. The Morgan fingerprint density at radius 2 is 0.600 bits per heavy atom. The molecule has 4 heteroatoms. The van der Waals surface area contributed by atoms with E-state index in [-0.39, 0.29) is 0 Å². The van der Waals surface area contributed by atoms with Crippen LogP contribution in [0.4, 0.5) is 0 Å². The van der Waals surface area contributed by atoms with Crippen LogP contribution >= 0.6 is 0 Å². The molecule has 2 heterocycles. The Balaban J connectivity index is 0.856. The van der Waals surface area contributed by atoms with Gasteiger partial charge in [0.2, 0.25) is 0 Å². The van der Waals surface area contributed by atoms with Gasteiger partial charge in [0.05, 0.1) is 10.8 Å². The van der Waals surface area contributed by atoms with Gasteiger partial charge in [0, 0.05) is 27.8 Å². The zero-order valence-corrected chi connectivity index (χ0v) is 40.6. The average Bonchev–Trinajstić information content (AvgIpc) is 3.91. The molecule has 0 saturated carbocycles. The molecule has 0 bridgehead atoms. The third-order valence-electron chi connectivity index (χ3n) is 16.5. The van der Waals surface area contributed by atoms with Crippen LogP contribution < -0.4 is 4.74 Å². The fourth-order valence-corrected chi connectivity index (χ4v) is 13.4. The van der Waals surface area contributed by atoms with Crippen LogP contribution in [0, 0.1) is 0 Å². The van der Waals surface area contributed by atoms with Gasteiger partial charge in [-0.05, 0) is 112 Å². The highest BCUT2D eigenvalue weighted by molar-refractivity contribution is 6.25. The lowest BCUT2D eigenvalue weighted by Crippen LogP contribution is -2.45. The molecule has 3 aliphatic rings. The van der Waals surface area contributed by atoms with Crippen LogP contribution in [-0.2, 0) is 10.8 Å². The first-order chi connectivity index (χ1) is 37.2. The van der Waals surface area contributed by atoms with E-state index in [1.165, 1.54) is 76.8 Å². The Labute approximate surface area is 433 Å². The highest BCUT2D eigenvalue weighted by Gasteiger charge is 2.58. The van der Waals surface area contributed by atoms with Gasteiger partial charge in [0.15, 0.2) is 17.5 Å². The molecule has 0 atom stereocenters. The van der Waals surface area contributed by atoms with E-state index in [0.29, 0.717) is 17.5 Å². The Morgan fingerprint density at radius 3 is 1.17 bits per heavy atom. The number of benzene rings is 12. The molecule has 0 amide bonds. The summed E-state index contributed by atoms with van der Waals surface area (Å²) >= 11 is 0. The summed E-state index contributed by atoms with van der Waals surface area (Å²) in [6, 6.07) is 94.7. The molecule has 1 aromatic heterocycles. The number of hydrogen-bond donors (Lipinski definition) is 0. The number of hydrogen-bond acceptors (Lipinski definition) is 4. The molecule has 0 unspecified atom stereocenters. The second-order valence-electron chi connectivity index (χ2n) is 20.1. The van der Waals surface area contributed by atoms with Gasteiger partial charge in [0.1, 0.15) is 11.5 Å². The summed E-state index contributed by atoms with van der Waals surface area (Å²) in [4.78, 5) is 15.6. The Bertz CT molecular complexity index is 4390. The maximum Gasteiger partial charge on any atom is 0.164 e. The van der Waals surface area contributed by atoms with Crippen molar-refractivity contribution in [3.05, 3.63) is 305 Å². The lowest BCUT2D eigenvalue weighted by Gasteiger charge is -2.51. The monoisotopic (exact) mass is 953 g/mol. The average molecular weight is 954 g/mol. The van der Waals surface area contributed by atoms with Crippen LogP contribution in [0.2, 0.25) is 0 Å². The Kier molecular flexibility index (Phi) is 8.84. The molecular formula is C71H43N3O. The summed E-state index contributed by atoms with van der Waals surface area (Å²) in [5.74, 6) is 3.59. The van der Waals surface area contributed by atoms with Gasteiger partial charge in [-0.15, -0.1) is 0 Å². The number of para-hydroxylation sites is 1. The van der Waals surface area contributed by atoms with Crippen LogP contribution in [-0.4, -0.2) is 15.0 Å². The fourth-order valence-electron chi connectivity index (χ4n) is 13.4. The zero-order chi connectivity index (χ0) is 49.2. The smallest absolute Gasteiger partial charge is 0.164 e. The number of nitrogens with zero attached hydrogens (tertiary/aromatic N) is 3. The van der Waals surface area contributed by atoms with E-state index in [9.17, 15) is 0 Å². The van der Waals surface area contributed by atoms with Crippen LogP contribution in [0.5, 0.6) is 11.5 Å². The fraction of sp³-hybridized carbons (Fsp3) is 0.0282. The predicted molar refractivity (Wildman–Crippen MR) is 303 cm³/mol. The second-order valence-corrected chi connectivity index (χ2v) is 20.1. The third-order valence-corrected chi connectivity index (χ3v) is 16.5. The summed E-state index contributed by atoms with van der Waals surface area (Å²) in [7, 11) is 0. The minimum atomic E-state index is -0.706. The van der Waals surface area contributed by atoms with Crippen molar-refractivity contribution in [2.45, 2.75) is 10.8 Å². The molecule has 1 aliphatic heterocycles. The molecule has 13 aromatic rings. The van der Waals surface area contributed by atoms with E-state index in [2.05, 4.69) is 243 Å². The molecule has 348 valence electrons. The highest BCUT2D eigenvalue weighted by atomic mass is 16.5. The van der Waals surface area contributed by atoms with Crippen molar-refractivity contribution in [1.82, 2.24) is 15.0 Å². The number of fused-ring (bicyclic) bond motifs is 21.